The molecule has 0 unspecified atom stereocenters. The predicted octanol–water partition coefficient (Wildman–Crippen LogP) is 3.71. The van der Waals surface area contributed by atoms with Gasteiger partial charge in [-0.15, -0.1) is 0 Å². The first kappa shape index (κ1) is 15.2. The highest BCUT2D eigenvalue weighted by molar-refractivity contribution is 6.31. The van der Waals surface area contributed by atoms with E-state index < -0.39 is 0 Å². The van der Waals surface area contributed by atoms with Gasteiger partial charge in [-0.2, -0.15) is 0 Å². The number of hydrogen-bond acceptors (Lipinski definition) is 3. The SMILES string of the molecule is CC(=O)Nc1c(C(=O)c2cccc(C)n2)[nH]c2cc(Cl)ccc12. The van der Waals surface area contributed by atoms with Gasteiger partial charge in [0, 0.05) is 28.5 Å². The summed E-state index contributed by atoms with van der Waals surface area (Å²) in [4.78, 5) is 31.6. The van der Waals surface area contributed by atoms with E-state index in [0.29, 0.717) is 21.9 Å². The first-order chi connectivity index (χ1) is 11.0. The van der Waals surface area contributed by atoms with E-state index in [4.69, 9.17) is 11.6 Å². The molecule has 2 N–H and O–H groups in total. The lowest BCUT2D eigenvalue weighted by Crippen LogP contribution is -2.12. The van der Waals surface area contributed by atoms with Crippen LogP contribution in [0.2, 0.25) is 5.02 Å². The molecule has 0 aliphatic heterocycles. The summed E-state index contributed by atoms with van der Waals surface area (Å²) in [6, 6.07) is 10.4. The number of carbonyl (C=O) groups excluding carboxylic acids is 2. The summed E-state index contributed by atoms with van der Waals surface area (Å²) >= 11 is 6.00. The summed E-state index contributed by atoms with van der Waals surface area (Å²) in [6.07, 6.45) is 0. The van der Waals surface area contributed by atoms with Crippen LogP contribution in [0, 0.1) is 6.92 Å². The van der Waals surface area contributed by atoms with Gasteiger partial charge in [0.2, 0.25) is 11.7 Å². The predicted molar refractivity (Wildman–Crippen MR) is 90.0 cm³/mol. The summed E-state index contributed by atoms with van der Waals surface area (Å²) in [7, 11) is 0. The van der Waals surface area contributed by atoms with Crippen molar-refractivity contribution in [2.75, 3.05) is 5.32 Å². The Kier molecular flexibility index (Phi) is 3.88. The topological polar surface area (TPSA) is 74.8 Å². The van der Waals surface area contributed by atoms with Gasteiger partial charge in [0.25, 0.3) is 0 Å². The molecule has 5 nitrogen and oxygen atoms in total. The number of aryl methyl sites for hydroxylation is 1. The van der Waals surface area contributed by atoms with Gasteiger partial charge >= 0.3 is 0 Å². The molecule has 23 heavy (non-hydrogen) atoms. The lowest BCUT2D eigenvalue weighted by Gasteiger charge is -2.05. The lowest BCUT2D eigenvalue weighted by atomic mass is 10.1. The zero-order chi connectivity index (χ0) is 16.6. The minimum absolute atomic E-state index is 0.257. The van der Waals surface area contributed by atoms with E-state index >= 15 is 0 Å². The number of amides is 1. The highest BCUT2D eigenvalue weighted by Gasteiger charge is 2.21. The summed E-state index contributed by atoms with van der Waals surface area (Å²) < 4.78 is 0. The van der Waals surface area contributed by atoms with Crippen molar-refractivity contribution in [2.24, 2.45) is 0 Å². The summed E-state index contributed by atoms with van der Waals surface area (Å²) in [5.74, 6) is -0.545. The van der Waals surface area contributed by atoms with Gasteiger partial charge in [0.05, 0.1) is 5.69 Å². The van der Waals surface area contributed by atoms with Crippen molar-refractivity contribution >= 4 is 39.9 Å². The van der Waals surface area contributed by atoms with Crippen LogP contribution in [0.1, 0.15) is 28.8 Å². The molecule has 0 spiro atoms. The molecule has 1 amide bonds. The number of nitrogens with one attached hydrogen (secondary N) is 2. The van der Waals surface area contributed by atoms with Crippen LogP contribution in [-0.4, -0.2) is 21.7 Å². The second-order valence-corrected chi connectivity index (χ2v) is 5.68. The molecule has 1 aromatic carbocycles. The first-order valence-electron chi connectivity index (χ1n) is 7.03. The molecule has 0 bridgehead atoms. The normalized spacial score (nSPS) is 10.7. The quantitative estimate of drug-likeness (QED) is 0.720. The third kappa shape index (κ3) is 2.96. The number of nitrogens with zero attached hydrogens (tertiary/aromatic N) is 1. The Balaban J connectivity index is 2.19. The van der Waals surface area contributed by atoms with Crippen LogP contribution in [0.15, 0.2) is 36.4 Å². The van der Waals surface area contributed by atoms with Crippen LogP contribution in [0.25, 0.3) is 10.9 Å². The van der Waals surface area contributed by atoms with E-state index in [2.05, 4.69) is 15.3 Å². The maximum Gasteiger partial charge on any atom is 0.229 e. The van der Waals surface area contributed by atoms with E-state index in [9.17, 15) is 9.59 Å². The second kappa shape index (κ2) is 5.85. The maximum atomic E-state index is 12.8. The van der Waals surface area contributed by atoms with Gasteiger partial charge in [0.1, 0.15) is 11.4 Å². The number of benzene rings is 1. The maximum absolute atomic E-state index is 12.8. The van der Waals surface area contributed by atoms with Crippen LogP contribution in [0.4, 0.5) is 5.69 Å². The zero-order valence-corrected chi connectivity index (χ0v) is 13.4. The monoisotopic (exact) mass is 327 g/mol. The van der Waals surface area contributed by atoms with Crippen molar-refractivity contribution in [3.05, 3.63) is 58.5 Å². The van der Waals surface area contributed by atoms with E-state index in [1.54, 1.807) is 30.3 Å². The van der Waals surface area contributed by atoms with Crippen molar-refractivity contribution in [1.82, 2.24) is 9.97 Å². The Labute approximate surface area is 137 Å². The highest BCUT2D eigenvalue weighted by Crippen LogP contribution is 2.31. The Hall–Kier alpha value is -2.66. The van der Waals surface area contributed by atoms with Gasteiger partial charge in [0.15, 0.2) is 0 Å². The number of rotatable bonds is 3. The Morgan fingerprint density at radius 1 is 1.22 bits per heavy atom. The van der Waals surface area contributed by atoms with Crippen molar-refractivity contribution in [3.8, 4) is 0 Å². The van der Waals surface area contributed by atoms with Crippen LogP contribution < -0.4 is 5.32 Å². The number of aromatic amines is 1. The number of H-pyrrole nitrogens is 1. The fraction of sp³-hybridized carbons (Fsp3) is 0.118. The van der Waals surface area contributed by atoms with Crippen LogP contribution >= 0.6 is 11.6 Å². The Morgan fingerprint density at radius 3 is 2.70 bits per heavy atom. The number of anilines is 1. The number of hydrogen-bond donors (Lipinski definition) is 2. The Morgan fingerprint density at radius 2 is 2.00 bits per heavy atom. The average molecular weight is 328 g/mol. The minimum atomic E-state index is -0.287. The molecule has 116 valence electrons. The molecule has 0 saturated heterocycles. The largest absolute Gasteiger partial charge is 0.350 e. The van der Waals surface area contributed by atoms with Crippen molar-refractivity contribution in [2.45, 2.75) is 13.8 Å². The summed E-state index contributed by atoms with van der Waals surface area (Å²) in [5, 5.41) is 3.98. The number of halogens is 1. The van der Waals surface area contributed by atoms with Gasteiger partial charge in [-0.1, -0.05) is 17.7 Å². The molecular formula is C17H14ClN3O2. The summed E-state index contributed by atoms with van der Waals surface area (Å²) in [5.41, 5.74) is 2.47. The number of ketones is 1. The third-order valence-corrected chi connectivity index (χ3v) is 3.64. The van der Waals surface area contributed by atoms with E-state index in [1.165, 1.54) is 6.92 Å². The second-order valence-electron chi connectivity index (χ2n) is 5.24. The van der Waals surface area contributed by atoms with Crippen molar-refractivity contribution in [1.29, 1.82) is 0 Å². The van der Waals surface area contributed by atoms with Crippen LogP contribution in [0.5, 0.6) is 0 Å². The molecule has 0 aliphatic carbocycles. The minimum Gasteiger partial charge on any atom is -0.350 e. The van der Waals surface area contributed by atoms with Crippen LogP contribution in [-0.2, 0) is 4.79 Å². The number of pyridine rings is 1. The molecule has 3 rings (SSSR count). The van der Waals surface area contributed by atoms with Gasteiger partial charge in [-0.3, -0.25) is 9.59 Å². The Bertz CT molecular complexity index is 931. The smallest absolute Gasteiger partial charge is 0.229 e. The van der Waals surface area contributed by atoms with E-state index in [0.717, 1.165) is 11.1 Å². The van der Waals surface area contributed by atoms with E-state index in [-0.39, 0.29) is 17.4 Å². The fourth-order valence-electron chi connectivity index (χ4n) is 2.44. The standard InChI is InChI=1S/C17H14ClN3O2/c1-9-4-3-5-13(19-9)17(23)16-15(20-10(2)22)12-7-6-11(18)8-14(12)21-16/h3-8,21H,1-2H3,(H,20,22). The molecule has 2 aromatic heterocycles. The van der Waals surface area contributed by atoms with Gasteiger partial charge in [-0.25, -0.2) is 4.98 Å². The summed E-state index contributed by atoms with van der Waals surface area (Å²) in [6.45, 7) is 3.21. The zero-order valence-electron chi connectivity index (χ0n) is 12.6. The molecule has 0 saturated carbocycles. The molecule has 0 fully saturated rings. The lowest BCUT2D eigenvalue weighted by molar-refractivity contribution is -0.114. The third-order valence-electron chi connectivity index (χ3n) is 3.41. The molecule has 6 heteroatoms. The molecule has 3 aromatic rings. The first-order valence-corrected chi connectivity index (χ1v) is 7.40. The van der Waals surface area contributed by atoms with Crippen LogP contribution in [0.3, 0.4) is 0 Å². The number of carbonyl (C=O) groups is 2. The highest BCUT2D eigenvalue weighted by atomic mass is 35.5. The number of aromatic nitrogens is 2. The average Bonchev–Trinajstić information content (AvgIpc) is 2.83. The van der Waals surface area contributed by atoms with Crippen molar-refractivity contribution in [3.63, 3.8) is 0 Å². The molecule has 0 atom stereocenters. The molecule has 0 radical (unpaired) electrons. The van der Waals surface area contributed by atoms with Crippen molar-refractivity contribution < 1.29 is 9.59 Å². The van der Waals surface area contributed by atoms with E-state index in [1.807, 2.05) is 13.0 Å². The number of fused-ring (bicyclic) bond motifs is 1. The molecular weight excluding hydrogens is 314 g/mol. The fourth-order valence-corrected chi connectivity index (χ4v) is 2.62. The molecule has 0 aliphatic rings. The molecule has 2 heterocycles. The van der Waals surface area contributed by atoms with Gasteiger partial charge in [-0.05, 0) is 37.3 Å². The van der Waals surface area contributed by atoms with Gasteiger partial charge < -0.3 is 10.3 Å².